The number of amides is 2. The third kappa shape index (κ3) is 3.14. The van der Waals surface area contributed by atoms with Crippen molar-refractivity contribution in [3.8, 4) is 6.07 Å². The van der Waals surface area contributed by atoms with E-state index in [4.69, 9.17) is 4.74 Å². The molecule has 0 aliphatic carbocycles. The van der Waals surface area contributed by atoms with Crippen molar-refractivity contribution in [2.45, 2.75) is 50.2 Å². The molecule has 0 saturated carbocycles. The van der Waals surface area contributed by atoms with Gasteiger partial charge >= 0.3 is 0 Å². The maximum atomic E-state index is 14.1. The monoisotopic (exact) mass is 500 g/mol. The standard InChI is InChI=1S/C33H28N2O3/c1-32-18-19-33(38-32,17-7-11-22-10-6-9-21-8-2-3-12-24(21)22)29-28(32)30(36)35(31(29)37)27-16-15-23(20-34)25-13-4-5-14-26(25)27/h2-6,8-10,12-16,28-29H,7,11,17-19H2,1H3/t28-,29+,32-,33+/m0/s1. The van der Waals surface area contributed by atoms with Gasteiger partial charge in [-0.25, -0.2) is 4.90 Å². The summed E-state index contributed by atoms with van der Waals surface area (Å²) >= 11 is 0. The summed E-state index contributed by atoms with van der Waals surface area (Å²) in [5.41, 5.74) is 1.15. The van der Waals surface area contributed by atoms with Gasteiger partial charge in [0, 0.05) is 10.8 Å². The van der Waals surface area contributed by atoms with Crippen LogP contribution in [0.25, 0.3) is 21.5 Å². The Hall–Kier alpha value is -4.01. The summed E-state index contributed by atoms with van der Waals surface area (Å²) in [4.78, 5) is 29.4. The van der Waals surface area contributed by atoms with E-state index in [0.717, 1.165) is 42.9 Å². The maximum Gasteiger partial charge on any atom is 0.240 e. The van der Waals surface area contributed by atoms with Gasteiger partial charge in [0.1, 0.15) is 0 Å². The lowest BCUT2D eigenvalue weighted by Crippen LogP contribution is -2.42. The number of anilines is 1. The minimum atomic E-state index is -0.631. The van der Waals surface area contributed by atoms with Crippen LogP contribution in [0.2, 0.25) is 0 Å². The zero-order valence-corrected chi connectivity index (χ0v) is 21.3. The van der Waals surface area contributed by atoms with Crippen molar-refractivity contribution in [1.82, 2.24) is 0 Å². The summed E-state index contributed by atoms with van der Waals surface area (Å²) in [5, 5.41) is 13.6. The van der Waals surface area contributed by atoms with Gasteiger partial charge in [-0.15, -0.1) is 0 Å². The number of hydrogen-bond donors (Lipinski definition) is 0. The van der Waals surface area contributed by atoms with Gasteiger partial charge in [-0.2, -0.15) is 5.26 Å². The number of benzene rings is 4. The SMILES string of the molecule is C[C@@]12CC[C@@](CCCc3cccc4ccccc34)(O1)[C@H]1C(=O)N(c3ccc(C#N)c4ccccc34)C(=O)[C@H]12. The molecule has 0 unspecified atom stereocenters. The van der Waals surface area contributed by atoms with Crippen LogP contribution in [0.5, 0.6) is 0 Å². The van der Waals surface area contributed by atoms with E-state index in [1.807, 2.05) is 31.2 Å². The first kappa shape index (κ1) is 23.1. The Morgan fingerprint density at radius 3 is 2.39 bits per heavy atom. The fourth-order valence-electron chi connectivity index (χ4n) is 7.51. The summed E-state index contributed by atoms with van der Waals surface area (Å²) in [6, 6.07) is 28.0. The summed E-state index contributed by atoms with van der Waals surface area (Å²) in [5.74, 6) is -1.29. The molecule has 5 heteroatoms. The summed E-state index contributed by atoms with van der Waals surface area (Å²) in [6.07, 6.45) is 4.10. The quantitative estimate of drug-likeness (QED) is 0.301. The van der Waals surface area contributed by atoms with Gasteiger partial charge in [-0.05, 0) is 67.5 Å². The lowest BCUT2D eigenvalue weighted by Gasteiger charge is -2.31. The molecule has 38 heavy (non-hydrogen) atoms. The number of carbonyl (C=O) groups excluding carboxylic acids is 2. The largest absolute Gasteiger partial charge is 0.367 e. The molecule has 3 aliphatic rings. The number of imide groups is 1. The van der Waals surface area contributed by atoms with E-state index in [1.54, 1.807) is 12.1 Å². The van der Waals surface area contributed by atoms with E-state index in [9.17, 15) is 14.9 Å². The number of ether oxygens (including phenoxy) is 1. The fourth-order valence-corrected chi connectivity index (χ4v) is 7.51. The highest BCUT2D eigenvalue weighted by atomic mass is 16.5. The third-order valence-corrected chi connectivity index (χ3v) is 9.20. The topological polar surface area (TPSA) is 70.4 Å². The van der Waals surface area contributed by atoms with Crippen LogP contribution in [-0.4, -0.2) is 23.0 Å². The van der Waals surface area contributed by atoms with Crippen LogP contribution in [0.1, 0.15) is 43.7 Å². The van der Waals surface area contributed by atoms with Crippen molar-refractivity contribution in [1.29, 1.82) is 5.26 Å². The third-order valence-electron chi connectivity index (χ3n) is 9.20. The van der Waals surface area contributed by atoms with Crippen molar-refractivity contribution in [2.75, 3.05) is 4.90 Å². The normalized spacial score (nSPS) is 27.8. The molecule has 2 amide bonds. The van der Waals surface area contributed by atoms with Gasteiger partial charge in [-0.3, -0.25) is 9.59 Å². The maximum absolute atomic E-state index is 14.1. The zero-order valence-electron chi connectivity index (χ0n) is 21.3. The average Bonchev–Trinajstić information content (AvgIpc) is 3.52. The molecule has 3 aliphatic heterocycles. The van der Waals surface area contributed by atoms with Crippen molar-refractivity contribution in [2.24, 2.45) is 11.8 Å². The van der Waals surface area contributed by atoms with Crippen molar-refractivity contribution in [3.63, 3.8) is 0 Å². The van der Waals surface area contributed by atoms with Gasteiger partial charge in [0.15, 0.2) is 0 Å². The van der Waals surface area contributed by atoms with Crippen molar-refractivity contribution in [3.05, 3.63) is 90.0 Å². The van der Waals surface area contributed by atoms with E-state index in [2.05, 4.69) is 48.5 Å². The molecule has 4 atom stereocenters. The van der Waals surface area contributed by atoms with Crippen LogP contribution >= 0.6 is 0 Å². The Morgan fingerprint density at radius 2 is 1.58 bits per heavy atom. The first-order valence-corrected chi connectivity index (χ1v) is 13.4. The van der Waals surface area contributed by atoms with Gasteiger partial charge < -0.3 is 4.74 Å². The predicted molar refractivity (Wildman–Crippen MR) is 146 cm³/mol. The highest BCUT2D eigenvalue weighted by molar-refractivity contribution is 6.26. The number of nitrogens with zero attached hydrogens (tertiary/aromatic N) is 2. The van der Waals surface area contributed by atoms with Crippen LogP contribution in [0.3, 0.4) is 0 Å². The molecule has 4 aromatic carbocycles. The number of aryl methyl sites for hydroxylation is 1. The average molecular weight is 501 g/mol. The molecule has 0 spiro atoms. The van der Waals surface area contributed by atoms with E-state index >= 15 is 0 Å². The van der Waals surface area contributed by atoms with Crippen LogP contribution in [0, 0.1) is 23.2 Å². The van der Waals surface area contributed by atoms with E-state index < -0.39 is 23.0 Å². The summed E-state index contributed by atoms with van der Waals surface area (Å²) in [7, 11) is 0. The van der Waals surface area contributed by atoms with E-state index in [1.165, 1.54) is 21.2 Å². The van der Waals surface area contributed by atoms with E-state index in [-0.39, 0.29) is 11.8 Å². The van der Waals surface area contributed by atoms with Gasteiger partial charge in [0.2, 0.25) is 11.8 Å². The van der Waals surface area contributed by atoms with Gasteiger partial charge in [-0.1, -0.05) is 66.7 Å². The second-order valence-electron chi connectivity index (χ2n) is 11.2. The molecule has 3 heterocycles. The highest BCUT2D eigenvalue weighted by Gasteiger charge is 2.73. The molecule has 3 saturated heterocycles. The van der Waals surface area contributed by atoms with Gasteiger partial charge in [0.05, 0.1) is 40.4 Å². The molecule has 7 rings (SSSR count). The molecule has 0 aromatic heterocycles. The Kier molecular flexibility index (Phi) is 5.02. The van der Waals surface area contributed by atoms with Crippen LogP contribution in [-0.2, 0) is 20.7 Å². The molecular weight excluding hydrogens is 472 g/mol. The van der Waals surface area contributed by atoms with Crippen molar-refractivity contribution >= 4 is 39.0 Å². The minimum Gasteiger partial charge on any atom is -0.367 e. The van der Waals surface area contributed by atoms with Crippen LogP contribution < -0.4 is 4.90 Å². The second kappa shape index (κ2) is 8.24. The number of rotatable bonds is 5. The predicted octanol–water partition coefficient (Wildman–Crippen LogP) is 6.31. The molecule has 188 valence electrons. The molecular formula is C33H28N2O3. The Bertz CT molecular complexity index is 1680. The Labute approximate surface area is 221 Å². The second-order valence-corrected chi connectivity index (χ2v) is 11.2. The highest BCUT2D eigenvalue weighted by Crippen LogP contribution is 2.62. The smallest absolute Gasteiger partial charge is 0.240 e. The molecule has 0 N–H and O–H groups in total. The van der Waals surface area contributed by atoms with Crippen LogP contribution in [0.4, 0.5) is 5.69 Å². The fraction of sp³-hybridized carbons (Fsp3) is 0.303. The van der Waals surface area contributed by atoms with Gasteiger partial charge in [0.25, 0.3) is 0 Å². The Morgan fingerprint density at radius 1 is 0.868 bits per heavy atom. The number of nitriles is 1. The van der Waals surface area contributed by atoms with Crippen molar-refractivity contribution < 1.29 is 14.3 Å². The lowest BCUT2D eigenvalue weighted by molar-refractivity contribution is -0.130. The Balaban J connectivity index is 1.21. The molecule has 4 aromatic rings. The summed E-state index contributed by atoms with van der Waals surface area (Å²) < 4.78 is 6.68. The molecule has 2 bridgehead atoms. The van der Waals surface area contributed by atoms with Crippen LogP contribution in [0.15, 0.2) is 78.9 Å². The number of carbonyl (C=O) groups is 2. The lowest BCUT2D eigenvalue weighted by atomic mass is 9.67. The number of hydrogen-bond acceptors (Lipinski definition) is 4. The first-order valence-electron chi connectivity index (χ1n) is 13.4. The molecule has 0 radical (unpaired) electrons. The number of fused-ring (bicyclic) bond motifs is 7. The minimum absolute atomic E-state index is 0.163. The molecule has 5 nitrogen and oxygen atoms in total. The zero-order chi connectivity index (χ0) is 26.1. The molecule has 3 fully saturated rings. The first-order chi connectivity index (χ1) is 18.5. The van der Waals surface area contributed by atoms with E-state index in [0.29, 0.717) is 11.3 Å². The summed E-state index contributed by atoms with van der Waals surface area (Å²) in [6.45, 7) is 2.01.